The number of aliphatic hydroxyl groups excluding tert-OH is 6. The molecule has 0 spiro atoms. The lowest BCUT2D eigenvalue weighted by molar-refractivity contribution is -0.303. The monoisotopic (exact) mass is 760 g/mol. The average Bonchev–Trinajstić information content (AvgIpc) is 3.16. The number of carbonyl (C=O) groups excluding carboxylic acids is 1. The molecule has 0 bridgehead atoms. The van der Waals surface area contributed by atoms with Gasteiger partial charge in [0.1, 0.15) is 30.5 Å². The summed E-state index contributed by atoms with van der Waals surface area (Å²) in [6, 6.07) is -0.999. The SMILES string of the molecule is CCCCCCCCCCCCCCCC[C@@H](C)C(=O)N[C@@H](CO[C@H]1O[C@H](CO)[C@H](O)[C@H](O)[C@H]1O)[C@H](O)[C@H](O)CCCCCCCCCCCCCC. The summed E-state index contributed by atoms with van der Waals surface area (Å²) in [5.41, 5.74) is 0. The molecule has 0 unspecified atom stereocenters. The van der Waals surface area contributed by atoms with E-state index in [-0.39, 0.29) is 18.4 Å². The largest absolute Gasteiger partial charge is 0.394 e. The summed E-state index contributed by atoms with van der Waals surface area (Å²) >= 11 is 0. The van der Waals surface area contributed by atoms with Gasteiger partial charge >= 0.3 is 0 Å². The van der Waals surface area contributed by atoms with E-state index in [4.69, 9.17) is 9.47 Å². The van der Waals surface area contributed by atoms with E-state index in [0.29, 0.717) is 12.8 Å². The van der Waals surface area contributed by atoms with Crippen molar-refractivity contribution >= 4 is 5.91 Å². The fourth-order valence-corrected chi connectivity index (χ4v) is 7.36. The minimum atomic E-state index is -1.61. The number of unbranched alkanes of at least 4 members (excludes halogenated alkanes) is 24. The summed E-state index contributed by atoms with van der Waals surface area (Å²) < 4.78 is 11.2. The minimum absolute atomic E-state index is 0.251. The van der Waals surface area contributed by atoms with Gasteiger partial charge in [-0.1, -0.05) is 188 Å². The van der Waals surface area contributed by atoms with E-state index in [9.17, 15) is 35.4 Å². The summed E-state index contributed by atoms with van der Waals surface area (Å²) in [5.74, 6) is -0.554. The third-order valence-electron chi connectivity index (χ3n) is 11.2. The maximum absolute atomic E-state index is 13.3. The van der Waals surface area contributed by atoms with Crippen molar-refractivity contribution in [1.82, 2.24) is 5.32 Å². The Morgan fingerprint density at radius 1 is 0.604 bits per heavy atom. The van der Waals surface area contributed by atoms with Gasteiger partial charge in [0.15, 0.2) is 6.29 Å². The van der Waals surface area contributed by atoms with E-state index in [1.54, 1.807) is 0 Å². The molecule has 0 saturated carbocycles. The second-order valence-corrected chi connectivity index (χ2v) is 16.2. The van der Waals surface area contributed by atoms with Crippen LogP contribution in [0.3, 0.4) is 0 Å². The van der Waals surface area contributed by atoms with Crippen LogP contribution in [-0.4, -0.2) is 98.7 Å². The highest BCUT2D eigenvalue weighted by molar-refractivity contribution is 5.78. The predicted molar refractivity (Wildman–Crippen MR) is 213 cm³/mol. The lowest BCUT2D eigenvalue weighted by Gasteiger charge is -2.40. The van der Waals surface area contributed by atoms with Gasteiger partial charge in [-0.05, 0) is 12.8 Å². The Bertz CT molecular complexity index is 834. The van der Waals surface area contributed by atoms with Crippen molar-refractivity contribution in [3.63, 3.8) is 0 Å². The van der Waals surface area contributed by atoms with Gasteiger partial charge in [-0.2, -0.15) is 0 Å². The Morgan fingerprint density at radius 3 is 1.42 bits per heavy atom. The molecule has 1 fully saturated rings. The lowest BCUT2D eigenvalue weighted by Crippen LogP contribution is -2.60. The molecule has 1 amide bonds. The molecule has 10 heteroatoms. The van der Waals surface area contributed by atoms with Crippen molar-refractivity contribution in [3.05, 3.63) is 0 Å². The van der Waals surface area contributed by atoms with Crippen molar-refractivity contribution in [2.24, 2.45) is 5.92 Å². The van der Waals surface area contributed by atoms with Crippen molar-refractivity contribution < 1.29 is 44.9 Å². The Labute approximate surface area is 324 Å². The summed E-state index contributed by atoms with van der Waals surface area (Å²) in [5, 5.41) is 65.3. The van der Waals surface area contributed by atoms with Gasteiger partial charge in [-0.3, -0.25) is 4.79 Å². The number of carbonyl (C=O) groups is 1. The number of aliphatic hydroxyl groups is 6. The zero-order valence-electron chi connectivity index (χ0n) is 34.3. The molecule has 53 heavy (non-hydrogen) atoms. The first-order valence-electron chi connectivity index (χ1n) is 22.3. The number of hydrogen-bond donors (Lipinski definition) is 7. The zero-order valence-corrected chi connectivity index (χ0v) is 34.3. The van der Waals surface area contributed by atoms with E-state index in [0.717, 1.165) is 44.9 Å². The Hall–Kier alpha value is -0.850. The summed E-state index contributed by atoms with van der Waals surface area (Å²) in [7, 11) is 0. The quantitative estimate of drug-likeness (QED) is 0.0318. The second-order valence-electron chi connectivity index (χ2n) is 16.2. The fourth-order valence-electron chi connectivity index (χ4n) is 7.36. The van der Waals surface area contributed by atoms with Crippen LogP contribution >= 0.6 is 0 Å². The summed E-state index contributed by atoms with van der Waals surface area (Å²) in [6.07, 6.45) is 23.5. The molecule has 1 heterocycles. The predicted octanol–water partition coefficient (Wildman–Crippen LogP) is 7.61. The van der Waals surface area contributed by atoms with Gasteiger partial charge < -0.3 is 45.4 Å². The van der Waals surface area contributed by atoms with E-state index in [2.05, 4.69) is 19.2 Å². The summed E-state index contributed by atoms with van der Waals surface area (Å²) in [4.78, 5) is 13.3. The highest BCUT2D eigenvalue weighted by Crippen LogP contribution is 2.23. The highest BCUT2D eigenvalue weighted by atomic mass is 16.7. The van der Waals surface area contributed by atoms with Crippen LogP contribution in [0.2, 0.25) is 0 Å². The van der Waals surface area contributed by atoms with Gasteiger partial charge in [0, 0.05) is 5.92 Å². The van der Waals surface area contributed by atoms with Crippen molar-refractivity contribution in [3.8, 4) is 0 Å². The first-order valence-corrected chi connectivity index (χ1v) is 22.3. The maximum Gasteiger partial charge on any atom is 0.223 e. The van der Waals surface area contributed by atoms with Crippen molar-refractivity contribution in [2.45, 2.75) is 250 Å². The first kappa shape index (κ1) is 50.2. The third kappa shape index (κ3) is 23.7. The molecule has 0 aromatic rings. The minimum Gasteiger partial charge on any atom is -0.394 e. The average molecular weight is 760 g/mol. The lowest BCUT2D eigenvalue weighted by atomic mass is 9.97. The Kier molecular flexibility index (Phi) is 31.5. The van der Waals surface area contributed by atoms with Gasteiger partial charge in [0.05, 0.1) is 25.4 Å². The highest BCUT2D eigenvalue weighted by Gasteiger charge is 2.44. The molecule has 7 N–H and O–H groups in total. The van der Waals surface area contributed by atoms with Crippen molar-refractivity contribution in [2.75, 3.05) is 13.2 Å². The molecule has 1 aliphatic rings. The van der Waals surface area contributed by atoms with Crippen LogP contribution < -0.4 is 5.32 Å². The van der Waals surface area contributed by atoms with E-state index >= 15 is 0 Å². The molecule has 0 radical (unpaired) electrons. The molecular formula is C43H85NO9. The van der Waals surface area contributed by atoms with Gasteiger partial charge in [-0.15, -0.1) is 0 Å². The van der Waals surface area contributed by atoms with Crippen LogP contribution in [0.4, 0.5) is 0 Å². The van der Waals surface area contributed by atoms with Crippen LogP contribution in [0.5, 0.6) is 0 Å². The second kappa shape index (κ2) is 33.3. The molecule has 316 valence electrons. The molecule has 9 atom stereocenters. The third-order valence-corrected chi connectivity index (χ3v) is 11.2. The van der Waals surface area contributed by atoms with Crippen LogP contribution in [0.15, 0.2) is 0 Å². The van der Waals surface area contributed by atoms with E-state index in [1.807, 2.05) is 6.92 Å². The molecule has 1 rings (SSSR count). The van der Waals surface area contributed by atoms with Crippen LogP contribution in [0.1, 0.15) is 201 Å². The van der Waals surface area contributed by atoms with Gasteiger partial charge in [-0.25, -0.2) is 0 Å². The molecule has 0 aromatic carbocycles. The number of amides is 1. The Morgan fingerprint density at radius 2 is 1.00 bits per heavy atom. The Balaban J connectivity index is 2.49. The normalized spacial score (nSPS) is 22.8. The van der Waals surface area contributed by atoms with E-state index in [1.165, 1.54) is 122 Å². The fraction of sp³-hybridized carbons (Fsp3) is 0.977. The number of nitrogens with one attached hydrogen (secondary N) is 1. The molecular weight excluding hydrogens is 674 g/mol. The van der Waals surface area contributed by atoms with Crippen LogP contribution in [0.25, 0.3) is 0 Å². The smallest absolute Gasteiger partial charge is 0.223 e. The number of rotatable bonds is 36. The molecule has 0 aromatic heterocycles. The topological polar surface area (TPSA) is 169 Å². The zero-order chi connectivity index (χ0) is 39.1. The first-order chi connectivity index (χ1) is 25.7. The summed E-state index contributed by atoms with van der Waals surface area (Å²) in [6.45, 7) is 5.45. The molecule has 1 aliphatic heterocycles. The van der Waals surface area contributed by atoms with Crippen molar-refractivity contribution in [1.29, 1.82) is 0 Å². The van der Waals surface area contributed by atoms with Gasteiger partial charge in [0.2, 0.25) is 5.91 Å². The van der Waals surface area contributed by atoms with E-state index < -0.39 is 55.6 Å². The standard InChI is InChI=1S/C43H85NO9/c1-4-6-8-10-12-14-16-18-19-20-22-24-26-28-30-34(3)42(51)44-35(33-52-43-41(50)40(49)39(48)37(32-45)53-43)38(47)36(46)31-29-27-25-23-21-17-15-13-11-9-7-5-2/h34-41,43,45-50H,4-33H2,1-3H3,(H,44,51)/t34-,35+,36-,37-,38+,39+,40+,41-,43+/m1/s1. The van der Waals surface area contributed by atoms with Crippen LogP contribution in [0, 0.1) is 5.92 Å². The van der Waals surface area contributed by atoms with Crippen LogP contribution in [-0.2, 0) is 14.3 Å². The molecule has 0 aliphatic carbocycles. The molecule has 1 saturated heterocycles. The van der Waals surface area contributed by atoms with Gasteiger partial charge in [0.25, 0.3) is 0 Å². The molecule has 10 nitrogen and oxygen atoms in total. The number of ether oxygens (including phenoxy) is 2. The maximum atomic E-state index is 13.3. The number of hydrogen-bond acceptors (Lipinski definition) is 9.